The van der Waals surface area contributed by atoms with E-state index in [1.54, 1.807) is 7.11 Å². The van der Waals surface area contributed by atoms with E-state index in [2.05, 4.69) is 0 Å². The van der Waals surface area contributed by atoms with Crippen LogP contribution in [0.15, 0.2) is 48.5 Å². The highest BCUT2D eigenvalue weighted by atomic mass is 16.5. The molecule has 2 aromatic rings. The maximum atomic E-state index is 6.46. The smallest absolute Gasteiger partial charge is 0.161 e. The minimum Gasteiger partial charge on any atom is -0.493 e. The Hall–Kier alpha value is -2.04. The van der Waals surface area contributed by atoms with Crippen molar-refractivity contribution in [2.75, 3.05) is 20.3 Å². The minimum atomic E-state index is 0.00553. The van der Waals surface area contributed by atoms with Gasteiger partial charge >= 0.3 is 0 Å². The summed E-state index contributed by atoms with van der Waals surface area (Å²) in [5, 5.41) is 0. The fourth-order valence-electron chi connectivity index (χ4n) is 3.09. The average Bonchev–Trinajstić information content (AvgIpc) is 2.67. The van der Waals surface area contributed by atoms with Crippen molar-refractivity contribution in [3.8, 4) is 11.5 Å². The molecule has 2 N–H and O–H groups in total. The number of benzene rings is 2. The van der Waals surface area contributed by atoms with Crippen LogP contribution in [0.5, 0.6) is 11.5 Å². The van der Waals surface area contributed by atoms with Crippen molar-refractivity contribution in [2.45, 2.75) is 25.5 Å². The van der Waals surface area contributed by atoms with E-state index in [9.17, 15) is 0 Å². The molecule has 1 aliphatic rings. The highest BCUT2D eigenvalue weighted by Crippen LogP contribution is 2.34. The Morgan fingerprint density at radius 1 is 1.08 bits per heavy atom. The largest absolute Gasteiger partial charge is 0.493 e. The Morgan fingerprint density at radius 3 is 2.54 bits per heavy atom. The van der Waals surface area contributed by atoms with Gasteiger partial charge in [-0.15, -0.1) is 0 Å². The van der Waals surface area contributed by atoms with E-state index in [0.29, 0.717) is 12.5 Å². The molecule has 0 aliphatic carbocycles. The number of nitrogens with two attached hydrogens (primary N) is 1. The SMILES string of the molecule is COc1cc([C@H](N)C2CCOCC2)ccc1OCc1ccccc1. The Kier molecular flexibility index (Phi) is 5.72. The van der Waals surface area contributed by atoms with E-state index in [1.165, 1.54) is 0 Å². The van der Waals surface area contributed by atoms with Gasteiger partial charge in [0.05, 0.1) is 7.11 Å². The molecule has 1 atom stereocenters. The van der Waals surface area contributed by atoms with Crippen LogP contribution >= 0.6 is 0 Å². The molecule has 1 aliphatic heterocycles. The van der Waals surface area contributed by atoms with Crippen molar-refractivity contribution in [1.29, 1.82) is 0 Å². The number of methoxy groups -OCH3 is 1. The number of rotatable bonds is 6. The maximum Gasteiger partial charge on any atom is 0.161 e. The molecule has 3 rings (SSSR count). The minimum absolute atomic E-state index is 0.00553. The number of hydrogen-bond acceptors (Lipinski definition) is 4. The van der Waals surface area contributed by atoms with E-state index in [1.807, 2.05) is 48.5 Å². The third-order valence-electron chi connectivity index (χ3n) is 4.58. The Labute approximate surface area is 143 Å². The van der Waals surface area contributed by atoms with Gasteiger partial charge < -0.3 is 19.9 Å². The third-order valence-corrected chi connectivity index (χ3v) is 4.58. The number of hydrogen-bond donors (Lipinski definition) is 1. The molecule has 4 nitrogen and oxygen atoms in total. The zero-order valence-electron chi connectivity index (χ0n) is 14.1. The summed E-state index contributed by atoms with van der Waals surface area (Å²) >= 11 is 0. The highest BCUT2D eigenvalue weighted by molar-refractivity contribution is 5.44. The summed E-state index contributed by atoms with van der Waals surface area (Å²) in [6, 6.07) is 16.1. The van der Waals surface area contributed by atoms with Gasteiger partial charge in [0.25, 0.3) is 0 Å². The monoisotopic (exact) mass is 327 g/mol. The number of ether oxygens (including phenoxy) is 3. The summed E-state index contributed by atoms with van der Waals surface area (Å²) in [4.78, 5) is 0. The van der Waals surface area contributed by atoms with Gasteiger partial charge in [-0.1, -0.05) is 36.4 Å². The first-order valence-electron chi connectivity index (χ1n) is 8.46. The third kappa shape index (κ3) is 4.08. The topological polar surface area (TPSA) is 53.7 Å². The lowest BCUT2D eigenvalue weighted by molar-refractivity contribution is 0.0583. The lowest BCUT2D eigenvalue weighted by Gasteiger charge is -2.28. The summed E-state index contributed by atoms with van der Waals surface area (Å²) in [6.07, 6.45) is 2.02. The van der Waals surface area contributed by atoms with Crippen molar-refractivity contribution in [1.82, 2.24) is 0 Å². The normalized spacial score (nSPS) is 16.6. The van der Waals surface area contributed by atoms with Gasteiger partial charge in [-0.05, 0) is 42.0 Å². The van der Waals surface area contributed by atoms with Gasteiger partial charge in [0.2, 0.25) is 0 Å². The van der Waals surface area contributed by atoms with Gasteiger partial charge in [0.1, 0.15) is 6.61 Å². The van der Waals surface area contributed by atoms with Crippen LogP contribution in [0.4, 0.5) is 0 Å². The van der Waals surface area contributed by atoms with Crippen LogP contribution in [-0.2, 0) is 11.3 Å². The fraction of sp³-hybridized carbons (Fsp3) is 0.400. The lowest BCUT2D eigenvalue weighted by atomic mass is 9.87. The molecule has 0 saturated carbocycles. The Balaban J connectivity index is 1.70. The second kappa shape index (κ2) is 8.18. The van der Waals surface area contributed by atoms with Gasteiger partial charge in [0, 0.05) is 19.3 Å². The van der Waals surface area contributed by atoms with Gasteiger partial charge in [-0.2, -0.15) is 0 Å². The quantitative estimate of drug-likeness (QED) is 0.879. The summed E-state index contributed by atoms with van der Waals surface area (Å²) < 4.78 is 16.8. The molecule has 128 valence electrons. The summed E-state index contributed by atoms with van der Waals surface area (Å²) in [7, 11) is 1.66. The predicted molar refractivity (Wildman–Crippen MR) is 94.2 cm³/mol. The van der Waals surface area contributed by atoms with Crippen LogP contribution < -0.4 is 15.2 Å². The molecule has 0 aromatic heterocycles. The molecule has 0 amide bonds. The van der Waals surface area contributed by atoms with Gasteiger partial charge in [-0.3, -0.25) is 0 Å². The molecular formula is C20H25NO3. The van der Waals surface area contributed by atoms with Crippen molar-refractivity contribution in [3.63, 3.8) is 0 Å². The summed E-state index contributed by atoms with van der Waals surface area (Å²) in [5.41, 5.74) is 8.67. The van der Waals surface area contributed by atoms with Crippen LogP contribution in [0.1, 0.15) is 30.0 Å². The zero-order chi connectivity index (χ0) is 16.8. The van der Waals surface area contributed by atoms with Gasteiger partial charge in [0.15, 0.2) is 11.5 Å². The molecule has 2 aromatic carbocycles. The van der Waals surface area contributed by atoms with Crippen LogP contribution in [0.3, 0.4) is 0 Å². The van der Waals surface area contributed by atoms with E-state index in [0.717, 1.165) is 48.7 Å². The molecular weight excluding hydrogens is 302 g/mol. The van der Waals surface area contributed by atoms with E-state index < -0.39 is 0 Å². The lowest BCUT2D eigenvalue weighted by Crippen LogP contribution is -2.27. The molecule has 1 saturated heterocycles. The molecule has 4 heteroatoms. The first-order valence-corrected chi connectivity index (χ1v) is 8.46. The summed E-state index contributed by atoms with van der Waals surface area (Å²) in [6.45, 7) is 2.12. The standard InChI is InChI=1S/C20H25NO3/c1-22-19-13-17(20(21)16-9-11-23-12-10-16)7-8-18(19)24-14-15-5-3-2-4-6-15/h2-8,13,16,20H,9-12,14,21H2,1H3/t20-/m1/s1. The molecule has 0 spiro atoms. The van der Waals surface area contributed by atoms with Crippen molar-refractivity contribution in [3.05, 3.63) is 59.7 Å². The molecule has 0 unspecified atom stereocenters. The van der Waals surface area contributed by atoms with E-state index in [-0.39, 0.29) is 6.04 Å². The maximum absolute atomic E-state index is 6.46. The van der Waals surface area contributed by atoms with Crippen molar-refractivity contribution in [2.24, 2.45) is 11.7 Å². The van der Waals surface area contributed by atoms with Gasteiger partial charge in [-0.25, -0.2) is 0 Å². The van der Waals surface area contributed by atoms with Crippen molar-refractivity contribution < 1.29 is 14.2 Å². The molecule has 1 heterocycles. The van der Waals surface area contributed by atoms with Crippen LogP contribution in [0.25, 0.3) is 0 Å². The Bertz CT molecular complexity index is 639. The van der Waals surface area contributed by atoms with E-state index in [4.69, 9.17) is 19.9 Å². The highest BCUT2D eigenvalue weighted by Gasteiger charge is 2.23. The molecule has 1 fully saturated rings. The van der Waals surface area contributed by atoms with Crippen molar-refractivity contribution >= 4 is 0 Å². The summed E-state index contributed by atoms with van der Waals surface area (Å²) in [5.74, 6) is 1.93. The molecule has 24 heavy (non-hydrogen) atoms. The van der Waals surface area contributed by atoms with Crippen LogP contribution in [0, 0.1) is 5.92 Å². The average molecular weight is 327 g/mol. The molecule has 0 bridgehead atoms. The zero-order valence-corrected chi connectivity index (χ0v) is 14.1. The molecule has 0 radical (unpaired) electrons. The van der Waals surface area contributed by atoms with Crippen LogP contribution in [0.2, 0.25) is 0 Å². The van der Waals surface area contributed by atoms with Crippen LogP contribution in [-0.4, -0.2) is 20.3 Å². The second-order valence-corrected chi connectivity index (χ2v) is 6.16. The second-order valence-electron chi connectivity index (χ2n) is 6.16. The van der Waals surface area contributed by atoms with E-state index >= 15 is 0 Å². The first-order chi connectivity index (χ1) is 11.8. The predicted octanol–water partition coefficient (Wildman–Crippen LogP) is 3.70. The fourth-order valence-corrected chi connectivity index (χ4v) is 3.09. The first kappa shape index (κ1) is 16.8. The Morgan fingerprint density at radius 2 is 1.83 bits per heavy atom.